The summed E-state index contributed by atoms with van der Waals surface area (Å²) in [4.78, 5) is 29.1. The van der Waals surface area contributed by atoms with Crippen molar-refractivity contribution in [1.82, 2.24) is 9.97 Å². The fourth-order valence-corrected chi connectivity index (χ4v) is 1.41. The molecule has 0 aliphatic carbocycles. The van der Waals surface area contributed by atoms with Gasteiger partial charge >= 0.3 is 0 Å². The quantitative estimate of drug-likeness (QED) is 0.699. The second-order valence-corrected chi connectivity index (χ2v) is 3.25. The van der Waals surface area contributed by atoms with Gasteiger partial charge in [-0.1, -0.05) is 0 Å². The zero-order valence-electron chi connectivity index (χ0n) is 8.07. The highest BCUT2D eigenvalue weighted by Crippen LogP contribution is 2.09. The minimum absolute atomic E-state index is 0.263. The number of rotatable bonds is 1. The van der Waals surface area contributed by atoms with Crippen molar-refractivity contribution in [3.05, 3.63) is 39.9 Å². The maximum absolute atomic E-state index is 11.5. The lowest BCUT2D eigenvalue weighted by atomic mass is 10.1. The molecule has 3 N–H and O–H groups in total. The molecule has 2 rings (SSSR count). The van der Waals surface area contributed by atoms with E-state index in [0.29, 0.717) is 22.3 Å². The van der Waals surface area contributed by atoms with Gasteiger partial charge in [-0.05, 0) is 25.1 Å². The number of primary amides is 1. The van der Waals surface area contributed by atoms with Crippen molar-refractivity contribution < 1.29 is 4.79 Å². The van der Waals surface area contributed by atoms with Crippen LogP contribution in [-0.2, 0) is 0 Å². The lowest BCUT2D eigenvalue weighted by Gasteiger charge is -2.00. The molecule has 5 heteroatoms. The third-order valence-electron chi connectivity index (χ3n) is 2.11. The third-order valence-corrected chi connectivity index (χ3v) is 2.11. The largest absolute Gasteiger partial charge is 0.366 e. The number of fused-ring (bicyclic) bond motifs is 1. The van der Waals surface area contributed by atoms with Crippen LogP contribution >= 0.6 is 0 Å². The normalized spacial score (nSPS) is 10.5. The highest BCUT2D eigenvalue weighted by atomic mass is 16.1. The first-order valence-electron chi connectivity index (χ1n) is 4.38. The molecule has 0 aliphatic heterocycles. The average molecular weight is 203 g/mol. The fraction of sp³-hybridized carbons (Fsp3) is 0.100. The number of nitrogens with zero attached hydrogens (tertiary/aromatic N) is 1. The van der Waals surface area contributed by atoms with E-state index in [4.69, 9.17) is 5.73 Å². The van der Waals surface area contributed by atoms with E-state index in [9.17, 15) is 9.59 Å². The first kappa shape index (κ1) is 9.39. The Balaban J connectivity index is 2.83. The third kappa shape index (κ3) is 1.59. The second kappa shape index (κ2) is 3.20. The number of nitrogens with one attached hydrogen (secondary N) is 1. The molecule has 1 aromatic heterocycles. The zero-order chi connectivity index (χ0) is 11.0. The van der Waals surface area contributed by atoms with E-state index in [1.54, 1.807) is 19.1 Å². The number of aromatic amines is 1. The van der Waals surface area contributed by atoms with Crippen LogP contribution in [0.5, 0.6) is 0 Å². The Bertz CT molecular complexity index is 601. The molecule has 0 saturated heterocycles. The first-order valence-corrected chi connectivity index (χ1v) is 4.38. The topological polar surface area (TPSA) is 88.8 Å². The van der Waals surface area contributed by atoms with Gasteiger partial charge in [-0.3, -0.25) is 9.59 Å². The Kier molecular flexibility index (Phi) is 2.00. The van der Waals surface area contributed by atoms with Crippen molar-refractivity contribution in [2.45, 2.75) is 6.92 Å². The van der Waals surface area contributed by atoms with Crippen LogP contribution in [0.3, 0.4) is 0 Å². The highest BCUT2D eigenvalue weighted by molar-refractivity contribution is 5.96. The molecule has 0 aliphatic rings. The van der Waals surface area contributed by atoms with Crippen LogP contribution in [0.15, 0.2) is 23.0 Å². The molecule has 15 heavy (non-hydrogen) atoms. The van der Waals surface area contributed by atoms with Gasteiger partial charge in [0.25, 0.3) is 5.56 Å². The van der Waals surface area contributed by atoms with Crippen LogP contribution < -0.4 is 11.3 Å². The lowest BCUT2D eigenvalue weighted by Crippen LogP contribution is -2.14. The molecule has 0 bridgehead atoms. The maximum atomic E-state index is 11.5. The number of aromatic nitrogens is 2. The smallest absolute Gasteiger partial charge is 0.258 e. The summed E-state index contributed by atoms with van der Waals surface area (Å²) in [5, 5.41) is 0.372. The number of hydrogen-bond donors (Lipinski definition) is 2. The Hall–Kier alpha value is -2.17. The van der Waals surface area contributed by atoms with E-state index in [2.05, 4.69) is 9.97 Å². The summed E-state index contributed by atoms with van der Waals surface area (Å²) < 4.78 is 0. The number of H-pyrrole nitrogens is 1. The van der Waals surface area contributed by atoms with Gasteiger partial charge in [0, 0.05) is 5.56 Å². The van der Waals surface area contributed by atoms with Crippen molar-refractivity contribution >= 4 is 16.8 Å². The highest BCUT2D eigenvalue weighted by Gasteiger charge is 2.05. The molecule has 2 aromatic rings. The summed E-state index contributed by atoms with van der Waals surface area (Å²) in [7, 11) is 0. The van der Waals surface area contributed by atoms with E-state index >= 15 is 0 Å². The Morgan fingerprint density at radius 3 is 2.87 bits per heavy atom. The summed E-state index contributed by atoms with van der Waals surface area (Å²) in [5.74, 6) is -0.0174. The lowest BCUT2D eigenvalue weighted by molar-refractivity contribution is 0.100. The van der Waals surface area contributed by atoms with Gasteiger partial charge in [-0.25, -0.2) is 4.98 Å². The van der Waals surface area contributed by atoms with Crippen LogP contribution in [0, 0.1) is 6.92 Å². The predicted molar refractivity (Wildman–Crippen MR) is 55.6 cm³/mol. The monoisotopic (exact) mass is 203 g/mol. The van der Waals surface area contributed by atoms with Crippen LogP contribution in [-0.4, -0.2) is 15.9 Å². The molecule has 1 amide bonds. The molecule has 0 unspecified atom stereocenters. The van der Waals surface area contributed by atoms with E-state index < -0.39 is 5.91 Å². The van der Waals surface area contributed by atoms with Crippen LogP contribution in [0.4, 0.5) is 0 Å². The van der Waals surface area contributed by atoms with Crippen molar-refractivity contribution in [3.8, 4) is 0 Å². The summed E-state index contributed by atoms with van der Waals surface area (Å²) in [6.07, 6.45) is 0. The molecule has 0 spiro atoms. The van der Waals surface area contributed by atoms with Crippen LogP contribution in [0.2, 0.25) is 0 Å². The van der Waals surface area contributed by atoms with Gasteiger partial charge < -0.3 is 10.7 Å². The standard InChI is InChI=1S/C10H9N3O2/c1-5-12-8-3-2-6(9(11)14)4-7(8)10(15)13-5/h2-4H,1H3,(H2,11,14)(H,12,13,15). The van der Waals surface area contributed by atoms with E-state index in [0.717, 1.165) is 0 Å². The molecule has 5 nitrogen and oxygen atoms in total. The fourth-order valence-electron chi connectivity index (χ4n) is 1.41. The summed E-state index contributed by atoms with van der Waals surface area (Å²) in [6.45, 7) is 1.70. The van der Waals surface area contributed by atoms with Crippen molar-refractivity contribution in [1.29, 1.82) is 0 Å². The minimum atomic E-state index is -0.558. The van der Waals surface area contributed by atoms with Gasteiger partial charge in [-0.2, -0.15) is 0 Å². The molecule has 1 heterocycles. The Labute approximate surface area is 84.9 Å². The molecule has 0 saturated carbocycles. The van der Waals surface area contributed by atoms with Gasteiger partial charge in [0.2, 0.25) is 5.91 Å². The number of carbonyl (C=O) groups is 1. The summed E-state index contributed by atoms with van der Waals surface area (Å²) in [5.41, 5.74) is 5.71. The average Bonchev–Trinajstić information content (AvgIpc) is 2.16. The molecular formula is C10H9N3O2. The van der Waals surface area contributed by atoms with Crippen molar-refractivity contribution in [2.75, 3.05) is 0 Å². The van der Waals surface area contributed by atoms with Gasteiger partial charge in [0.15, 0.2) is 0 Å². The molecule has 0 fully saturated rings. The molecule has 0 radical (unpaired) electrons. The van der Waals surface area contributed by atoms with Crippen LogP contribution in [0.25, 0.3) is 10.9 Å². The number of aryl methyl sites for hydroxylation is 1. The van der Waals surface area contributed by atoms with Crippen LogP contribution in [0.1, 0.15) is 16.2 Å². The number of nitrogens with two attached hydrogens (primary N) is 1. The van der Waals surface area contributed by atoms with E-state index in [-0.39, 0.29) is 5.56 Å². The summed E-state index contributed by atoms with van der Waals surface area (Å²) in [6, 6.07) is 4.61. The van der Waals surface area contributed by atoms with Gasteiger partial charge in [0.05, 0.1) is 10.9 Å². The minimum Gasteiger partial charge on any atom is -0.366 e. The molecule has 1 aromatic carbocycles. The number of carbonyl (C=O) groups excluding carboxylic acids is 1. The number of benzene rings is 1. The molecule has 76 valence electrons. The van der Waals surface area contributed by atoms with Crippen molar-refractivity contribution in [3.63, 3.8) is 0 Å². The SMILES string of the molecule is Cc1nc2ccc(C(N)=O)cc2c(=O)[nH]1. The predicted octanol–water partition coefficient (Wildman–Crippen LogP) is 0.330. The van der Waals surface area contributed by atoms with E-state index in [1.807, 2.05) is 0 Å². The number of hydrogen-bond acceptors (Lipinski definition) is 3. The van der Waals surface area contributed by atoms with Gasteiger partial charge in [-0.15, -0.1) is 0 Å². The Morgan fingerprint density at radius 1 is 1.47 bits per heavy atom. The summed E-state index contributed by atoms with van der Waals surface area (Å²) >= 11 is 0. The number of amides is 1. The molecular weight excluding hydrogens is 194 g/mol. The Morgan fingerprint density at radius 2 is 2.20 bits per heavy atom. The second-order valence-electron chi connectivity index (χ2n) is 3.25. The maximum Gasteiger partial charge on any atom is 0.258 e. The zero-order valence-corrected chi connectivity index (χ0v) is 8.07. The van der Waals surface area contributed by atoms with Gasteiger partial charge in [0.1, 0.15) is 5.82 Å². The molecule has 0 atom stereocenters. The van der Waals surface area contributed by atoms with Crippen molar-refractivity contribution in [2.24, 2.45) is 5.73 Å². The first-order chi connectivity index (χ1) is 7.08. The van der Waals surface area contributed by atoms with E-state index in [1.165, 1.54) is 6.07 Å².